The van der Waals surface area contributed by atoms with E-state index < -0.39 is 17.3 Å². The fourth-order valence-electron chi connectivity index (χ4n) is 2.60. The fourth-order valence-corrected chi connectivity index (χ4v) is 2.60. The molecule has 0 bridgehead atoms. The number of aromatic nitrogens is 1. The second-order valence-electron chi connectivity index (χ2n) is 5.56. The number of amides is 2. The zero-order chi connectivity index (χ0) is 15.9. The van der Waals surface area contributed by atoms with Crippen LogP contribution < -0.4 is 5.73 Å². The highest BCUT2D eigenvalue weighted by atomic mass is 19.1. The highest BCUT2D eigenvalue weighted by Gasteiger charge is 2.39. The van der Waals surface area contributed by atoms with Gasteiger partial charge in [-0.25, -0.2) is 4.39 Å². The van der Waals surface area contributed by atoms with Crippen LogP contribution >= 0.6 is 0 Å². The first-order chi connectivity index (χ1) is 10.4. The number of hydrogen-bond donors (Lipinski definition) is 2. The van der Waals surface area contributed by atoms with Gasteiger partial charge >= 0.3 is 0 Å². The zero-order valence-electron chi connectivity index (χ0n) is 12.1. The molecule has 2 aromatic rings. The molecule has 1 fully saturated rings. The van der Waals surface area contributed by atoms with Crippen molar-refractivity contribution in [3.63, 3.8) is 0 Å². The minimum absolute atomic E-state index is 0.0685. The van der Waals surface area contributed by atoms with Gasteiger partial charge in [-0.3, -0.25) is 9.59 Å². The lowest BCUT2D eigenvalue weighted by Gasteiger charge is -2.38. The fraction of sp³-hybridized carbons (Fsp3) is 0.333. The molecule has 2 heterocycles. The smallest absolute Gasteiger partial charge is 0.270 e. The van der Waals surface area contributed by atoms with Gasteiger partial charge in [-0.1, -0.05) is 12.1 Å². The second-order valence-corrected chi connectivity index (χ2v) is 5.56. The lowest BCUT2D eigenvalue weighted by Crippen LogP contribution is -2.58. The SMILES string of the molecule is C[C@@]1(C(N)=O)CN(C(=O)c2cc3cccc(F)c3[nH]2)CCO1. The molecule has 0 radical (unpaired) electrons. The lowest BCUT2D eigenvalue weighted by molar-refractivity contribution is -0.150. The van der Waals surface area contributed by atoms with Crippen LogP contribution in [-0.2, 0) is 9.53 Å². The summed E-state index contributed by atoms with van der Waals surface area (Å²) in [6, 6.07) is 6.22. The number of primary amides is 1. The van der Waals surface area contributed by atoms with Gasteiger partial charge in [0, 0.05) is 11.9 Å². The Morgan fingerprint density at radius 2 is 2.23 bits per heavy atom. The molecule has 3 rings (SSSR count). The van der Waals surface area contributed by atoms with Gasteiger partial charge in [0.1, 0.15) is 11.5 Å². The molecule has 7 heteroatoms. The second kappa shape index (κ2) is 5.10. The minimum Gasteiger partial charge on any atom is -0.367 e. The molecule has 1 aromatic carbocycles. The summed E-state index contributed by atoms with van der Waals surface area (Å²) >= 11 is 0. The van der Waals surface area contributed by atoms with Crippen molar-refractivity contribution in [3.05, 3.63) is 35.8 Å². The summed E-state index contributed by atoms with van der Waals surface area (Å²) in [5, 5.41) is 0.620. The summed E-state index contributed by atoms with van der Waals surface area (Å²) in [6.45, 7) is 2.19. The molecular weight excluding hydrogens is 289 g/mol. The molecule has 1 aromatic heterocycles. The molecule has 0 aliphatic carbocycles. The Morgan fingerprint density at radius 3 is 2.91 bits per heavy atom. The van der Waals surface area contributed by atoms with Crippen LogP contribution in [0.2, 0.25) is 0 Å². The topological polar surface area (TPSA) is 88.4 Å². The van der Waals surface area contributed by atoms with Gasteiger partial charge in [0.15, 0.2) is 5.60 Å². The monoisotopic (exact) mass is 305 g/mol. The predicted molar refractivity (Wildman–Crippen MR) is 77.7 cm³/mol. The number of rotatable bonds is 2. The van der Waals surface area contributed by atoms with Crippen LogP contribution in [0.15, 0.2) is 24.3 Å². The third kappa shape index (κ3) is 2.33. The Balaban J connectivity index is 1.89. The molecule has 6 nitrogen and oxygen atoms in total. The quantitative estimate of drug-likeness (QED) is 0.868. The first kappa shape index (κ1) is 14.5. The number of carbonyl (C=O) groups is 2. The van der Waals surface area contributed by atoms with Crippen molar-refractivity contribution in [3.8, 4) is 0 Å². The average molecular weight is 305 g/mol. The number of morpholine rings is 1. The van der Waals surface area contributed by atoms with Crippen LogP contribution in [-0.4, -0.2) is 47.0 Å². The molecule has 2 amide bonds. The number of benzene rings is 1. The number of nitrogens with zero attached hydrogens (tertiary/aromatic N) is 1. The Labute approximate surface area is 126 Å². The summed E-state index contributed by atoms with van der Waals surface area (Å²) in [7, 11) is 0. The van der Waals surface area contributed by atoms with Crippen molar-refractivity contribution in [2.75, 3.05) is 19.7 Å². The van der Waals surface area contributed by atoms with Crippen molar-refractivity contribution < 1.29 is 18.7 Å². The normalized spacial score (nSPS) is 22.0. The number of aromatic amines is 1. The largest absolute Gasteiger partial charge is 0.367 e. The van der Waals surface area contributed by atoms with Gasteiger partial charge < -0.3 is 20.4 Å². The van der Waals surface area contributed by atoms with Gasteiger partial charge in [-0.15, -0.1) is 0 Å². The maximum Gasteiger partial charge on any atom is 0.270 e. The number of ether oxygens (including phenoxy) is 1. The van der Waals surface area contributed by atoms with Crippen LogP contribution in [0.5, 0.6) is 0 Å². The third-order valence-electron chi connectivity index (χ3n) is 3.92. The maximum absolute atomic E-state index is 13.7. The van der Waals surface area contributed by atoms with Crippen LogP contribution in [0.4, 0.5) is 4.39 Å². The van der Waals surface area contributed by atoms with Crippen molar-refractivity contribution in [2.45, 2.75) is 12.5 Å². The first-order valence-corrected chi connectivity index (χ1v) is 6.91. The van der Waals surface area contributed by atoms with E-state index in [0.717, 1.165) is 0 Å². The summed E-state index contributed by atoms with van der Waals surface area (Å²) in [5.41, 5.74) is 4.68. The van der Waals surface area contributed by atoms with Crippen LogP contribution in [0.25, 0.3) is 10.9 Å². The molecule has 116 valence electrons. The predicted octanol–water partition coefficient (Wildman–Crippen LogP) is 1.02. The van der Waals surface area contributed by atoms with E-state index in [-0.39, 0.29) is 30.3 Å². The number of H-pyrrole nitrogens is 1. The molecule has 0 saturated carbocycles. The summed E-state index contributed by atoms with van der Waals surface area (Å²) in [4.78, 5) is 28.3. The number of hydrogen-bond acceptors (Lipinski definition) is 3. The number of halogens is 1. The van der Waals surface area contributed by atoms with E-state index in [1.54, 1.807) is 25.1 Å². The molecule has 0 unspecified atom stereocenters. The first-order valence-electron chi connectivity index (χ1n) is 6.91. The van der Waals surface area contributed by atoms with Crippen molar-refractivity contribution in [1.82, 2.24) is 9.88 Å². The molecule has 0 spiro atoms. The van der Waals surface area contributed by atoms with Gasteiger partial charge in [0.05, 0.1) is 18.7 Å². The maximum atomic E-state index is 13.7. The number of para-hydroxylation sites is 1. The van der Waals surface area contributed by atoms with E-state index in [2.05, 4.69) is 4.98 Å². The number of carbonyl (C=O) groups excluding carboxylic acids is 2. The number of nitrogens with one attached hydrogen (secondary N) is 1. The molecule has 1 aliphatic rings. The average Bonchev–Trinajstić information content (AvgIpc) is 2.92. The van der Waals surface area contributed by atoms with Crippen molar-refractivity contribution in [2.24, 2.45) is 5.73 Å². The van der Waals surface area contributed by atoms with Crippen molar-refractivity contribution >= 4 is 22.7 Å². The Hall–Kier alpha value is -2.41. The molecule has 1 saturated heterocycles. The Kier molecular flexibility index (Phi) is 3.37. The van der Waals surface area contributed by atoms with Crippen LogP contribution in [0.1, 0.15) is 17.4 Å². The highest BCUT2D eigenvalue weighted by Crippen LogP contribution is 2.22. The molecule has 1 aliphatic heterocycles. The third-order valence-corrected chi connectivity index (χ3v) is 3.92. The molecule has 3 N–H and O–H groups in total. The van der Waals surface area contributed by atoms with E-state index in [1.165, 1.54) is 11.0 Å². The Bertz CT molecular complexity index is 758. The lowest BCUT2D eigenvalue weighted by atomic mass is 10.0. The molecular formula is C15H16FN3O3. The summed E-state index contributed by atoms with van der Waals surface area (Å²) in [6.07, 6.45) is 0. The van der Waals surface area contributed by atoms with Gasteiger partial charge in [-0.05, 0) is 19.1 Å². The Morgan fingerprint density at radius 1 is 1.45 bits per heavy atom. The van der Waals surface area contributed by atoms with Crippen LogP contribution in [0.3, 0.4) is 0 Å². The summed E-state index contributed by atoms with van der Waals surface area (Å²) < 4.78 is 19.1. The zero-order valence-corrected chi connectivity index (χ0v) is 12.1. The molecule has 1 atom stereocenters. The number of nitrogens with two attached hydrogens (primary N) is 1. The van der Waals surface area contributed by atoms with E-state index in [1.807, 2.05) is 0 Å². The summed E-state index contributed by atoms with van der Waals surface area (Å²) in [5.74, 6) is -1.35. The van der Waals surface area contributed by atoms with Gasteiger partial charge in [0.2, 0.25) is 0 Å². The van der Waals surface area contributed by atoms with Gasteiger partial charge in [0.25, 0.3) is 11.8 Å². The van der Waals surface area contributed by atoms with Crippen molar-refractivity contribution in [1.29, 1.82) is 0 Å². The highest BCUT2D eigenvalue weighted by molar-refractivity contribution is 5.98. The molecule has 22 heavy (non-hydrogen) atoms. The van der Waals surface area contributed by atoms with E-state index >= 15 is 0 Å². The minimum atomic E-state index is -1.20. The van der Waals surface area contributed by atoms with Crippen LogP contribution in [0, 0.1) is 5.82 Å². The van der Waals surface area contributed by atoms with E-state index in [0.29, 0.717) is 11.9 Å². The van der Waals surface area contributed by atoms with Gasteiger partial charge in [-0.2, -0.15) is 0 Å². The standard InChI is InChI=1S/C15H16FN3O3/c1-15(14(17)21)8-19(5-6-22-15)13(20)11-7-9-3-2-4-10(16)12(9)18-11/h2-4,7,18H,5-6,8H2,1H3,(H2,17,21)/t15-/m0/s1. The number of fused-ring (bicyclic) bond motifs is 1. The van der Waals surface area contributed by atoms with E-state index in [4.69, 9.17) is 10.5 Å². The van der Waals surface area contributed by atoms with E-state index in [9.17, 15) is 14.0 Å².